The first kappa shape index (κ1) is 16.4. The van der Waals surface area contributed by atoms with Gasteiger partial charge in [-0.25, -0.2) is 0 Å². The molecule has 0 heterocycles. The summed E-state index contributed by atoms with van der Waals surface area (Å²) in [5.41, 5.74) is 3.40. The van der Waals surface area contributed by atoms with Crippen molar-refractivity contribution in [3.05, 3.63) is 59.2 Å². The second-order valence-electron chi connectivity index (χ2n) is 5.94. The Balaban J connectivity index is 1.80. The van der Waals surface area contributed by atoms with Crippen LogP contribution in [0.15, 0.2) is 47.4 Å². The zero-order valence-corrected chi connectivity index (χ0v) is 14.5. The number of ether oxygens (including phenoxy) is 1. The number of hydrogen-bond donors (Lipinski definition) is 2. The van der Waals surface area contributed by atoms with Crippen LogP contribution in [0.25, 0.3) is 0 Å². The van der Waals surface area contributed by atoms with Crippen molar-refractivity contribution < 1.29 is 9.84 Å². The minimum atomic E-state index is -0.331. The van der Waals surface area contributed by atoms with Gasteiger partial charge in [0.05, 0.1) is 19.3 Å². The lowest BCUT2D eigenvalue weighted by atomic mass is 9.92. The fraction of sp³-hybridized carbons (Fsp3) is 0.368. The van der Waals surface area contributed by atoms with Crippen LogP contribution in [0.3, 0.4) is 0 Å². The zero-order valence-electron chi connectivity index (χ0n) is 13.6. The van der Waals surface area contributed by atoms with Crippen LogP contribution in [0, 0.1) is 0 Å². The number of aryl methyl sites for hydroxylation is 1. The molecule has 3 rings (SSSR count). The molecule has 0 amide bonds. The van der Waals surface area contributed by atoms with Crippen molar-refractivity contribution in [2.45, 2.75) is 29.8 Å². The van der Waals surface area contributed by atoms with Crippen LogP contribution in [0.2, 0.25) is 0 Å². The lowest BCUT2D eigenvalue weighted by Gasteiger charge is -2.30. The van der Waals surface area contributed by atoms with Gasteiger partial charge < -0.3 is 15.2 Å². The first-order chi connectivity index (χ1) is 11.2. The van der Waals surface area contributed by atoms with E-state index in [2.05, 4.69) is 41.7 Å². The lowest BCUT2D eigenvalue weighted by Crippen LogP contribution is -2.43. The summed E-state index contributed by atoms with van der Waals surface area (Å²) in [6, 6.07) is 14.7. The number of aliphatic hydroxyl groups excluding tert-OH is 1. The van der Waals surface area contributed by atoms with Crippen LogP contribution in [-0.4, -0.2) is 25.1 Å². The second kappa shape index (κ2) is 6.95. The maximum atomic E-state index is 10.0. The third kappa shape index (κ3) is 3.11. The smallest absolute Gasteiger partial charge is 0.132 e. The predicted octanol–water partition coefficient (Wildman–Crippen LogP) is 3.34. The van der Waals surface area contributed by atoms with Gasteiger partial charge >= 0.3 is 0 Å². The average molecular weight is 329 g/mol. The van der Waals surface area contributed by atoms with E-state index in [4.69, 9.17) is 4.74 Å². The summed E-state index contributed by atoms with van der Waals surface area (Å²) in [6.07, 6.45) is 3.99. The topological polar surface area (TPSA) is 41.5 Å². The van der Waals surface area contributed by atoms with Crippen molar-refractivity contribution in [3.63, 3.8) is 0 Å². The molecule has 0 aliphatic heterocycles. The molecule has 1 unspecified atom stereocenters. The highest BCUT2D eigenvalue weighted by Crippen LogP contribution is 2.37. The quantitative estimate of drug-likeness (QED) is 0.798. The summed E-state index contributed by atoms with van der Waals surface area (Å²) in [5.74, 6) is 0.904. The van der Waals surface area contributed by atoms with Crippen LogP contribution in [-0.2, 0) is 18.5 Å². The number of thioether (sulfide) groups is 1. The minimum Gasteiger partial charge on any atom is -0.496 e. The molecule has 3 nitrogen and oxygen atoms in total. The van der Waals surface area contributed by atoms with Gasteiger partial charge in [-0.05, 0) is 47.9 Å². The molecule has 2 aromatic rings. The maximum absolute atomic E-state index is 10.0. The third-order valence-electron chi connectivity index (χ3n) is 4.70. The SMILES string of the molecule is COc1cc(CNC2(CO)CCc3ccccc32)ccc1SC. The van der Waals surface area contributed by atoms with Crippen molar-refractivity contribution >= 4 is 11.8 Å². The number of hydrogen-bond acceptors (Lipinski definition) is 4. The van der Waals surface area contributed by atoms with Gasteiger partial charge in [0.1, 0.15) is 5.75 Å². The number of aliphatic hydroxyl groups is 1. The minimum absolute atomic E-state index is 0.115. The number of fused-ring (bicyclic) bond motifs is 1. The van der Waals surface area contributed by atoms with Crippen LogP contribution >= 0.6 is 11.8 Å². The molecule has 1 atom stereocenters. The summed E-state index contributed by atoms with van der Waals surface area (Å²) >= 11 is 1.68. The van der Waals surface area contributed by atoms with Crippen LogP contribution in [0.5, 0.6) is 5.75 Å². The van der Waals surface area contributed by atoms with Crippen molar-refractivity contribution in [3.8, 4) is 5.75 Å². The van der Waals surface area contributed by atoms with Gasteiger partial charge in [0.25, 0.3) is 0 Å². The Hall–Kier alpha value is -1.49. The van der Waals surface area contributed by atoms with Gasteiger partial charge in [-0.15, -0.1) is 11.8 Å². The molecule has 2 N–H and O–H groups in total. The van der Waals surface area contributed by atoms with E-state index in [-0.39, 0.29) is 12.1 Å². The molecule has 0 aromatic heterocycles. The predicted molar refractivity (Wildman–Crippen MR) is 95.1 cm³/mol. The van der Waals surface area contributed by atoms with Crippen molar-refractivity contribution in [2.24, 2.45) is 0 Å². The van der Waals surface area contributed by atoms with E-state index in [1.165, 1.54) is 11.1 Å². The van der Waals surface area contributed by atoms with Crippen molar-refractivity contribution in [1.29, 1.82) is 0 Å². The Morgan fingerprint density at radius 2 is 2.09 bits per heavy atom. The first-order valence-corrected chi connectivity index (χ1v) is 9.10. The largest absolute Gasteiger partial charge is 0.496 e. The van der Waals surface area contributed by atoms with Crippen molar-refractivity contribution in [2.75, 3.05) is 20.0 Å². The molecular weight excluding hydrogens is 306 g/mol. The molecule has 2 aromatic carbocycles. The second-order valence-corrected chi connectivity index (χ2v) is 6.79. The van der Waals surface area contributed by atoms with Crippen molar-refractivity contribution in [1.82, 2.24) is 5.32 Å². The Kier molecular flexibility index (Phi) is 4.95. The molecule has 0 fully saturated rings. The van der Waals surface area contributed by atoms with E-state index in [1.54, 1.807) is 18.9 Å². The Morgan fingerprint density at radius 3 is 2.83 bits per heavy atom. The summed E-state index contributed by atoms with van der Waals surface area (Å²) in [7, 11) is 1.70. The van der Waals surface area contributed by atoms with Gasteiger partial charge in [0, 0.05) is 11.4 Å². The van der Waals surface area contributed by atoms with Crippen LogP contribution < -0.4 is 10.1 Å². The number of benzene rings is 2. The van der Waals surface area contributed by atoms with Crippen LogP contribution in [0.1, 0.15) is 23.1 Å². The van der Waals surface area contributed by atoms with Gasteiger partial charge in [0.2, 0.25) is 0 Å². The Bertz CT molecular complexity index is 689. The molecule has 4 heteroatoms. The van der Waals surface area contributed by atoms with Gasteiger partial charge in [-0.1, -0.05) is 30.3 Å². The molecule has 0 radical (unpaired) electrons. The third-order valence-corrected chi connectivity index (χ3v) is 5.48. The van der Waals surface area contributed by atoms with E-state index in [9.17, 15) is 5.11 Å². The fourth-order valence-corrected chi connectivity index (χ4v) is 3.90. The molecule has 0 bridgehead atoms. The number of nitrogens with one attached hydrogen (secondary N) is 1. The van der Waals surface area contributed by atoms with Crippen LogP contribution in [0.4, 0.5) is 0 Å². The van der Waals surface area contributed by atoms with Gasteiger partial charge in [0.15, 0.2) is 0 Å². The van der Waals surface area contributed by atoms with E-state index in [0.29, 0.717) is 6.54 Å². The molecule has 0 saturated heterocycles. The standard InChI is InChI=1S/C19H23NO2S/c1-22-17-11-14(7-8-18(17)23-2)12-20-19(13-21)10-9-15-5-3-4-6-16(15)19/h3-8,11,20-21H,9-10,12-13H2,1-2H3. The average Bonchev–Trinajstić information content (AvgIpc) is 2.99. The summed E-state index contributed by atoms with van der Waals surface area (Å²) in [4.78, 5) is 1.14. The molecular formula is C19H23NO2S. The lowest BCUT2D eigenvalue weighted by molar-refractivity contribution is 0.159. The highest BCUT2D eigenvalue weighted by atomic mass is 32.2. The fourth-order valence-electron chi connectivity index (χ4n) is 3.35. The van der Waals surface area contributed by atoms with Gasteiger partial charge in [-0.3, -0.25) is 0 Å². The monoisotopic (exact) mass is 329 g/mol. The number of rotatable bonds is 6. The Morgan fingerprint density at radius 1 is 1.26 bits per heavy atom. The summed E-state index contributed by atoms with van der Waals surface area (Å²) < 4.78 is 5.46. The molecule has 0 spiro atoms. The molecule has 1 aliphatic carbocycles. The molecule has 1 aliphatic rings. The van der Waals surface area contributed by atoms with E-state index < -0.39 is 0 Å². The highest BCUT2D eigenvalue weighted by Gasteiger charge is 2.37. The van der Waals surface area contributed by atoms with Gasteiger partial charge in [-0.2, -0.15) is 0 Å². The van der Waals surface area contributed by atoms with E-state index >= 15 is 0 Å². The normalized spacial score (nSPS) is 19.6. The molecule has 122 valence electrons. The summed E-state index contributed by atoms with van der Waals surface area (Å²) in [5, 5.41) is 13.6. The Labute approximate surface area is 142 Å². The van der Waals surface area contributed by atoms with E-state index in [0.717, 1.165) is 29.1 Å². The molecule has 0 saturated carbocycles. The maximum Gasteiger partial charge on any atom is 0.132 e. The molecule has 23 heavy (non-hydrogen) atoms. The first-order valence-electron chi connectivity index (χ1n) is 7.87. The highest BCUT2D eigenvalue weighted by molar-refractivity contribution is 7.98. The van der Waals surface area contributed by atoms with E-state index in [1.807, 2.05) is 12.3 Å². The summed E-state index contributed by atoms with van der Waals surface area (Å²) in [6.45, 7) is 0.823. The number of methoxy groups -OCH3 is 1. The zero-order chi connectivity index (χ0) is 16.3.